The van der Waals surface area contributed by atoms with E-state index in [1.54, 1.807) is 0 Å². The topological polar surface area (TPSA) is 46.9 Å². The van der Waals surface area contributed by atoms with Crippen LogP contribution in [-0.2, 0) is 17.8 Å². The van der Waals surface area contributed by atoms with Crippen LogP contribution in [0.25, 0.3) is 11.0 Å². The van der Waals surface area contributed by atoms with Gasteiger partial charge in [-0.25, -0.2) is 4.98 Å². The van der Waals surface area contributed by atoms with Crippen LogP contribution in [0.5, 0.6) is 0 Å². The Morgan fingerprint density at radius 2 is 1.31 bits per heavy atom. The summed E-state index contributed by atoms with van der Waals surface area (Å²) >= 11 is 0. The molecule has 1 amide bonds. The molecule has 0 saturated carbocycles. The third-order valence-corrected chi connectivity index (χ3v) is 7.35. The Bertz CT molecular complexity index is 813. The highest BCUT2D eigenvalue weighted by molar-refractivity contribution is 5.76. The van der Waals surface area contributed by atoms with Crippen LogP contribution in [0.2, 0.25) is 0 Å². The van der Waals surface area contributed by atoms with E-state index in [2.05, 4.69) is 41.1 Å². The number of hydrogen-bond acceptors (Lipinski definition) is 2. The SMILES string of the molecule is CCCCCCCCCCCCCCCCn1c(CCCCCNC(=O)CCC)nc2ccccc21. The fourth-order valence-electron chi connectivity index (χ4n) is 5.16. The summed E-state index contributed by atoms with van der Waals surface area (Å²) in [5.74, 6) is 1.42. The molecule has 0 spiro atoms. The zero-order chi connectivity index (χ0) is 25.7. The lowest BCUT2D eigenvalue weighted by molar-refractivity contribution is -0.121. The van der Waals surface area contributed by atoms with E-state index in [0.29, 0.717) is 6.42 Å². The van der Waals surface area contributed by atoms with Crippen LogP contribution in [0.15, 0.2) is 24.3 Å². The summed E-state index contributed by atoms with van der Waals surface area (Å²) in [5, 5.41) is 3.03. The van der Waals surface area contributed by atoms with Crippen molar-refractivity contribution in [2.45, 2.75) is 149 Å². The highest BCUT2D eigenvalue weighted by atomic mass is 16.1. The van der Waals surface area contributed by atoms with E-state index in [1.165, 1.54) is 101 Å². The highest BCUT2D eigenvalue weighted by Gasteiger charge is 2.10. The van der Waals surface area contributed by atoms with Crippen LogP contribution in [0.3, 0.4) is 0 Å². The number of para-hydroxylation sites is 2. The molecule has 0 aliphatic heterocycles. The normalized spacial score (nSPS) is 11.4. The lowest BCUT2D eigenvalue weighted by Gasteiger charge is -2.10. The van der Waals surface area contributed by atoms with E-state index in [0.717, 1.165) is 50.7 Å². The molecule has 2 aromatic rings. The number of unbranched alkanes of at least 4 members (excludes halogenated alkanes) is 15. The van der Waals surface area contributed by atoms with Gasteiger partial charge in [-0.2, -0.15) is 0 Å². The van der Waals surface area contributed by atoms with E-state index in [4.69, 9.17) is 4.98 Å². The van der Waals surface area contributed by atoms with Crippen molar-refractivity contribution in [1.82, 2.24) is 14.9 Å². The number of fused-ring (bicyclic) bond motifs is 1. The molecule has 0 bridgehead atoms. The fourth-order valence-corrected chi connectivity index (χ4v) is 5.16. The van der Waals surface area contributed by atoms with E-state index in [-0.39, 0.29) is 5.91 Å². The predicted octanol–water partition coefficient (Wildman–Crippen LogP) is 9.15. The van der Waals surface area contributed by atoms with Crippen LogP contribution in [0.4, 0.5) is 0 Å². The second kappa shape index (κ2) is 20.2. The van der Waals surface area contributed by atoms with Crippen LogP contribution < -0.4 is 5.32 Å². The minimum atomic E-state index is 0.187. The van der Waals surface area contributed by atoms with Crippen molar-refractivity contribution in [3.05, 3.63) is 30.1 Å². The van der Waals surface area contributed by atoms with Crippen LogP contribution in [-0.4, -0.2) is 22.0 Å². The minimum Gasteiger partial charge on any atom is -0.356 e. The van der Waals surface area contributed by atoms with Gasteiger partial charge in [0.05, 0.1) is 11.0 Å². The van der Waals surface area contributed by atoms with Gasteiger partial charge < -0.3 is 9.88 Å². The molecule has 204 valence electrons. The molecule has 36 heavy (non-hydrogen) atoms. The molecule has 1 heterocycles. The number of amides is 1. The van der Waals surface area contributed by atoms with Gasteiger partial charge in [-0.3, -0.25) is 4.79 Å². The maximum Gasteiger partial charge on any atom is 0.219 e. The number of nitrogens with one attached hydrogen (secondary N) is 1. The summed E-state index contributed by atoms with van der Waals surface area (Å²) in [6, 6.07) is 8.59. The number of benzene rings is 1. The molecule has 4 heteroatoms. The minimum absolute atomic E-state index is 0.187. The largest absolute Gasteiger partial charge is 0.356 e. The quantitative estimate of drug-likeness (QED) is 0.156. The Labute approximate surface area is 222 Å². The van der Waals surface area contributed by atoms with Crippen LogP contribution in [0, 0.1) is 0 Å². The van der Waals surface area contributed by atoms with Crippen LogP contribution in [0.1, 0.15) is 142 Å². The maximum absolute atomic E-state index is 11.6. The molecule has 0 aliphatic rings. The van der Waals surface area contributed by atoms with Crippen molar-refractivity contribution in [2.75, 3.05) is 6.54 Å². The Kier molecular flexibility index (Phi) is 17.1. The van der Waals surface area contributed by atoms with Gasteiger partial charge in [0.1, 0.15) is 5.82 Å². The first-order valence-corrected chi connectivity index (χ1v) is 15.5. The number of carbonyl (C=O) groups is 1. The molecule has 0 unspecified atom stereocenters. The number of imidazole rings is 1. The molecule has 0 saturated heterocycles. The van der Waals surface area contributed by atoms with Gasteiger partial charge >= 0.3 is 0 Å². The standard InChI is InChI=1S/C32H55N3O/c1-3-5-6-7-8-9-10-11-12-13-14-15-16-22-28-35-30-25-20-19-24-29(30)34-31(35)26-18-17-21-27-33-32(36)23-4-2/h19-20,24-25H,3-18,21-23,26-28H2,1-2H3,(H,33,36). The van der Waals surface area contributed by atoms with E-state index >= 15 is 0 Å². The third-order valence-electron chi connectivity index (χ3n) is 7.35. The Hall–Kier alpha value is -1.84. The number of carbonyl (C=O) groups excluding carboxylic acids is 1. The smallest absolute Gasteiger partial charge is 0.219 e. The van der Waals surface area contributed by atoms with E-state index in [1.807, 2.05) is 6.92 Å². The molecule has 2 rings (SSSR count). The molecule has 0 radical (unpaired) electrons. The summed E-state index contributed by atoms with van der Waals surface area (Å²) in [6.45, 7) is 6.22. The van der Waals surface area contributed by atoms with Gasteiger partial charge in [0, 0.05) is 25.9 Å². The van der Waals surface area contributed by atoms with Gasteiger partial charge in [0.25, 0.3) is 0 Å². The maximum atomic E-state index is 11.6. The number of aryl methyl sites for hydroxylation is 2. The summed E-state index contributed by atoms with van der Waals surface area (Å²) < 4.78 is 2.47. The summed E-state index contributed by atoms with van der Waals surface area (Å²) in [5.41, 5.74) is 2.42. The molecule has 0 fully saturated rings. The fraction of sp³-hybridized carbons (Fsp3) is 0.750. The highest BCUT2D eigenvalue weighted by Crippen LogP contribution is 2.20. The van der Waals surface area contributed by atoms with Crippen molar-refractivity contribution >= 4 is 16.9 Å². The lowest BCUT2D eigenvalue weighted by atomic mass is 10.0. The van der Waals surface area contributed by atoms with Crippen molar-refractivity contribution in [1.29, 1.82) is 0 Å². The molecular weight excluding hydrogens is 442 g/mol. The average molecular weight is 498 g/mol. The predicted molar refractivity (Wildman–Crippen MR) is 156 cm³/mol. The van der Waals surface area contributed by atoms with E-state index < -0.39 is 0 Å². The average Bonchev–Trinajstić information content (AvgIpc) is 3.23. The van der Waals surface area contributed by atoms with Crippen molar-refractivity contribution in [3.63, 3.8) is 0 Å². The summed E-state index contributed by atoms with van der Waals surface area (Å²) in [7, 11) is 0. The second-order valence-electron chi connectivity index (χ2n) is 10.7. The summed E-state index contributed by atoms with van der Waals surface area (Å²) in [6.07, 6.45) is 25.5. The van der Waals surface area contributed by atoms with Crippen molar-refractivity contribution < 1.29 is 4.79 Å². The van der Waals surface area contributed by atoms with Crippen molar-refractivity contribution in [2.24, 2.45) is 0 Å². The molecule has 1 aromatic heterocycles. The van der Waals surface area contributed by atoms with Crippen molar-refractivity contribution in [3.8, 4) is 0 Å². The first-order chi connectivity index (χ1) is 17.8. The Morgan fingerprint density at radius 3 is 1.94 bits per heavy atom. The Morgan fingerprint density at radius 1 is 0.722 bits per heavy atom. The zero-order valence-corrected chi connectivity index (χ0v) is 23.7. The number of aromatic nitrogens is 2. The summed E-state index contributed by atoms with van der Waals surface area (Å²) in [4.78, 5) is 16.6. The number of nitrogens with zero attached hydrogens (tertiary/aromatic N) is 2. The molecule has 0 atom stereocenters. The number of hydrogen-bond donors (Lipinski definition) is 1. The molecule has 0 aliphatic carbocycles. The number of rotatable bonds is 23. The Balaban J connectivity index is 1.58. The second-order valence-corrected chi connectivity index (χ2v) is 10.7. The first kappa shape index (κ1) is 30.4. The van der Waals surface area contributed by atoms with Gasteiger partial charge in [-0.1, -0.05) is 116 Å². The monoisotopic (exact) mass is 497 g/mol. The van der Waals surface area contributed by atoms with E-state index in [9.17, 15) is 4.79 Å². The van der Waals surface area contributed by atoms with Gasteiger partial charge in [-0.15, -0.1) is 0 Å². The molecule has 1 N–H and O–H groups in total. The van der Waals surface area contributed by atoms with Gasteiger partial charge in [0.2, 0.25) is 5.91 Å². The van der Waals surface area contributed by atoms with Gasteiger partial charge in [0.15, 0.2) is 0 Å². The molecule has 4 nitrogen and oxygen atoms in total. The lowest BCUT2D eigenvalue weighted by Crippen LogP contribution is -2.23. The third kappa shape index (κ3) is 12.9. The van der Waals surface area contributed by atoms with Gasteiger partial charge in [-0.05, 0) is 37.8 Å². The zero-order valence-electron chi connectivity index (χ0n) is 23.7. The molecule has 1 aromatic carbocycles. The van der Waals surface area contributed by atoms with Crippen LogP contribution >= 0.6 is 0 Å². The molecular formula is C32H55N3O. The first-order valence-electron chi connectivity index (χ1n) is 15.5.